The van der Waals surface area contributed by atoms with Crippen molar-refractivity contribution in [3.05, 3.63) is 30.4 Å². The molecule has 4 heterocycles. The first-order valence-electron chi connectivity index (χ1n) is 8.46. The zero-order valence-corrected chi connectivity index (χ0v) is 13.6. The lowest BCUT2D eigenvalue weighted by atomic mass is 9.97. The molecule has 0 saturated carbocycles. The molecule has 0 radical (unpaired) electrons. The van der Waals surface area contributed by atoms with Gasteiger partial charge in [0.05, 0.1) is 25.4 Å². The largest absolute Gasteiger partial charge is 0.378 e. The maximum absolute atomic E-state index is 5.14. The number of rotatable bonds is 6. The van der Waals surface area contributed by atoms with Gasteiger partial charge in [0.25, 0.3) is 0 Å². The number of hydrogen-bond acceptors (Lipinski definition) is 5. The van der Waals surface area contributed by atoms with E-state index >= 15 is 0 Å². The van der Waals surface area contributed by atoms with Crippen LogP contribution in [0.25, 0.3) is 0 Å². The molecule has 0 aliphatic carbocycles. The molecule has 0 aromatic carbocycles. The van der Waals surface area contributed by atoms with Crippen LogP contribution in [-0.4, -0.2) is 55.4 Å². The van der Waals surface area contributed by atoms with Gasteiger partial charge in [0.15, 0.2) is 0 Å². The minimum Gasteiger partial charge on any atom is -0.378 e. The van der Waals surface area contributed by atoms with E-state index < -0.39 is 0 Å². The van der Waals surface area contributed by atoms with Gasteiger partial charge in [-0.3, -0.25) is 9.58 Å². The zero-order valence-electron chi connectivity index (χ0n) is 13.6. The number of ether oxygens (including phenoxy) is 1. The number of fused-ring (bicyclic) bond motifs is 2. The van der Waals surface area contributed by atoms with E-state index in [-0.39, 0.29) is 0 Å². The molecule has 2 atom stereocenters. The first-order chi connectivity index (χ1) is 11.3. The Hall–Kier alpha value is -1.73. The summed E-state index contributed by atoms with van der Waals surface area (Å²) in [7, 11) is 1.69. The van der Waals surface area contributed by atoms with Crippen LogP contribution < -0.4 is 0 Å². The van der Waals surface area contributed by atoms with Crippen LogP contribution in [0.5, 0.6) is 0 Å². The summed E-state index contributed by atoms with van der Waals surface area (Å²) in [5.74, 6) is 0. The topological polar surface area (TPSA) is 61.0 Å². The average Bonchev–Trinajstić information content (AvgIpc) is 3.26. The van der Waals surface area contributed by atoms with Crippen LogP contribution >= 0.6 is 0 Å². The molecule has 2 unspecified atom stereocenters. The third kappa shape index (κ3) is 3.03. The molecule has 2 bridgehead atoms. The van der Waals surface area contributed by atoms with Crippen LogP contribution in [0.3, 0.4) is 0 Å². The van der Waals surface area contributed by atoms with Crippen LogP contribution in [0, 0.1) is 0 Å². The molecule has 2 aromatic heterocycles. The highest BCUT2D eigenvalue weighted by Crippen LogP contribution is 2.40. The summed E-state index contributed by atoms with van der Waals surface area (Å²) in [6, 6.07) is 3.81. The molecule has 4 rings (SSSR count). The van der Waals surface area contributed by atoms with Crippen molar-refractivity contribution >= 4 is 0 Å². The first-order valence-corrected chi connectivity index (χ1v) is 8.46. The molecule has 124 valence electrons. The maximum Gasteiger partial charge on any atom is 0.108 e. The lowest BCUT2D eigenvalue weighted by Crippen LogP contribution is -2.44. The van der Waals surface area contributed by atoms with Gasteiger partial charge in [-0.2, -0.15) is 5.10 Å². The van der Waals surface area contributed by atoms with Crippen LogP contribution in [-0.2, 0) is 17.9 Å². The fourth-order valence-electron chi connectivity index (χ4n) is 4.18. The van der Waals surface area contributed by atoms with E-state index in [1.807, 2.05) is 29.3 Å². The van der Waals surface area contributed by atoms with Crippen LogP contribution in [0.4, 0.5) is 0 Å². The summed E-state index contributed by atoms with van der Waals surface area (Å²) in [4.78, 5) is 2.69. The SMILES string of the molecule is COCc1cn(C2CC3CCC(C2)N3CCn2cccn2)nn1. The molecule has 2 fully saturated rings. The average molecular weight is 316 g/mol. The Morgan fingerprint density at radius 2 is 2.00 bits per heavy atom. The van der Waals surface area contributed by atoms with Gasteiger partial charge in [-0.25, -0.2) is 4.68 Å². The van der Waals surface area contributed by atoms with Gasteiger partial charge in [0.1, 0.15) is 5.69 Å². The Bertz CT molecular complexity index is 610. The van der Waals surface area contributed by atoms with E-state index in [4.69, 9.17) is 4.74 Å². The Labute approximate surface area is 136 Å². The lowest BCUT2D eigenvalue weighted by molar-refractivity contribution is 0.0967. The highest BCUT2D eigenvalue weighted by Gasteiger charge is 2.41. The molecule has 0 spiro atoms. The second-order valence-corrected chi connectivity index (χ2v) is 6.64. The standard InChI is InChI=1S/C16H24N6O/c1-23-12-13-11-22(19-18-13)16-9-14-3-4-15(10-16)21(14)8-7-20-6-2-5-17-20/h2,5-6,11,14-16H,3-4,7-10,12H2,1H3. The molecule has 7 heteroatoms. The van der Waals surface area contributed by atoms with Crippen LogP contribution in [0.2, 0.25) is 0 Å². The van der Waals surface area contributed by atoms with E-state index in [1.165, 1.54) is 25.7 Å². The molecule has 2 aliphatic heterocycles. The van der Waals surface area contributed by atoms with E-state index in [1.54, 1.807) is 7.11 Å². The molecule has 2 saturated heterocycles. The van der Waals surface area contributed by atoms with Crippen molar-refractivity contribution in [1.29, 1.82) is 0 Å². The fourth-order valence-corrected chi connectivity index (χ4v) is 4.18. The molecular weight excluding hydrogens is 292 g/mol. The Morgan fingerprint density at radius 3 is 2.70 bits per heavy atom. The maximum atomic E-state index is 5.14. The first kappa shape index (κ1) is 14.8. The van der Waals surface area contributed by atoms with Crippen molar-refractivity contribution in [3.8, 4) is 0 Å². The summed E-state index contributed by atoms with van der Waals surface area (Å²) in [6.07, 6.45) is 10.9. The second-order valence-electron chi connectivity index (χ2n) is 6.64. The van der Waals surface area contributed by atoms with Gasteiger partial charge in [0, 0.05) is 38.1 Å². The third-order valence-electron chi connectivity index (χ3n) is 5.23. The van der Waals surface area contributed by atoms with Gasteiger partial charge < -0.3 is 4.74 Å². The number of nitrogens with zero attached hydrogens (tertiary/aromatic N) is 6. The Kier molecular flexibility index (Phi) is 4.13. The molecule has 0 N–H and O–H groups in total. The minimum absolute atomic E-state index is 0.478. The summed E-state index contributed by atoms with van der Waals surface area (Å²) >= 11 is 0. The fraction of sp³-hybridized carbons (Fsp3) is 0.688. The van der Waals surface area contributed by atoms with E-state index in [0.717, 1.165) is 18.8 Å². The van der Waals surface area contributed by atoms with Crippen molar-refractivity contribution < 1.29 is 4.74 Å². The summed E-state index contributed by atoms with van der Waals surface area (Å²) in [5.41, 5.74) is 0.918. The number of hydrogen-bond donors (Lipinski definition) is 0. The highest BCUT2D eigenvalue weighted by molar-refractivity contribution is 4.99. The predicted molar refractivity (Wildman–Crippen MR) is 84.7 cm³/mol. The quantitative estimate of drug-likeness (QED) is 0.808. The smallest absolute Gasteiger partial charge is 0.108 e. The third-order valence-corrected chi connectivity index (χ3v) is 5.23. The van der Waals surface area contributed by atoms with Crippen LogP contribution in [0.1, 0.15) is 37.4 Å². The number of aromatic nitrogens is 5. The minimum atomic E-state index is 0.478. The Morgan fingerprint density at radius 1 is 1.17 bits per heavy atom. The molecule has 7 nitrogen and oxygen atoms in total. The normalized spacial score (nSPS) is 27.6. The van der Waals surface area contributed by atoms with Gasteiger partial charge in [-0.05, 0) is 31.7 Å². The van der Waals surface area contributed by atoms with Gasteiger partial charge >= 0.3 is 0 Å². The van der Waals surface area contributed by atoms with E-state index in [0.29, 0.717) is 24.7 Å². The summed E-state index contributed by atoms with van der Waals surface area (Å²) in [6.45, 7) is 2.61. The van der Waals surface area contributed by atoms with Crippen molar-refractivity contribution in [2.45, 2.75) is 57.0 Å². The van der Waals surface area contributed by atoms with Gasteiger partial charge in [0.2, 0.25) is 0 Å². The molecule has 2 aliphatic rings. The summed E-state index contributed by atoms with van der Waals surface area (Å²) < 4.78 is 9.22. The van der Waals surface area contributed by atoms with Crippen molar-refractivity contribution in [1.82, 2.24) is 29.7 Å². The summed E-state index contributed by atoms with van der Waals surface area (Å²) in [5, 5.41) is 12.8. The van der Waals surface area contributed by atoms with Gasteiger partial charge in [-0.1, -0.05) is 5.21 Å². The monoisotopic (exact) mass is 316 g/mol. The number of piperidine rings is 1. The molecule has 0 amide bonds. The van der Waals surface area contributed by atoms with Crippen molar-refractivity contribution in [2.75, 3.05) is 13.7 Å². The molecule has 2 aromatic rings. The number of methoxy groups -OCH3 is 1. The van der Waals surface area contributed by atoms with Crippen LogP contribution in [0.15, 0.2) is 24.7 Å². The second kappa shape index (κ2) is 6.41. The molecule has 23 heavy (non-hydrogen) atoms. The molecular formula is C16H24N6O. The zero-order chi connectivity index (χ0) is 15.6. The highest BCUT2D eigenvalue weighted by atomic mass is 16.5. The van der Waals surface area contributed by atoms with Gasteiger partial charge in [-0.15, -0.1) is 5.10 Å². The van der Waals surface area contributed by atoms with E-state index in [9.17, 15) is 0 Å². The Balaban J connectivity index is 1.38. The van der Waals surface area contributed by atoms with Crippen molar-refractivity contribution in [2.24, 2.45) is 0 Å². The predicted octanol–water partition coefficient (Wildman–Crippen LogP) is 1.49. The van der Waals surface area contributed by atoms with Crippen molar-refractivity contribution in [3.63, 3.8) is 0 Å². The van der Waals surface area contributed by atoms with E-state index in [2.05, 4.69) is 25.0 Å². The lowest BCUT2D eigenvalue weighted by Gasteiger charge is -2.38.